The Labute approximate surface area is 112 Å². The van der Waals surface area contributed by atoms with Gasteiger partial charge in [-0.3, -0.25) is 4.68 Å². The Kier molecular flexibility index (Phi) is 3.16. The summed E-state index contributed by atoms with van der Waals surface area (Å²) in [6.07, 6.45) is 2.69. The van der Waals surface area contributed by atoms with Gasteiger partial charge in [0, 0.05) is 29.5 Å². The van der Waals surface area contributed by atoms with Crippen LogP contribution in [0.25, 0.3) is 10.9 Å². The average Bonchev–Trinajstić information content (AvgIpc) is 2.81. The van der Waals surface area contributed by atoms with Gasteiger partial charge in [-0.1, -0.05) is 0 Å². The molecule has 3 rings (SSSR count). The summed E-state index contributed by atoms with van der Waals surface area (Å²) >= 11 is 0. The number of nitrogens with two attached hydrogens (primary N) is 1. The van der Waals surface area contributed by atoms with E-state index in [-0.39, 0.29) is 18.6 Å². The summed E-state index contributed by atoms with van der Waals surface area (Å²) in [6.45, 7) is 3.38. The first kappa shape index (κ1) is 12.4. The van der Waals surface area contributed by atoms with Crippen molar-refractivity contribution in [2.45, 2.75) is 25.9 Å². The molecule has 0 bridgehead atoms. The van der Waals surface area contributed by atoms with Gasteiger partial charge in [-0.15, -0.1) is 0 Å². The minimum Gasteiger partial charge on any atom is -0.493 e. The number of hydrogen-bond donors (Lipinski definition) is 2. The third-order valence-corrected chi connectivity index (χ3v) is 3.55. The Bertz CT molecular complexity index is 592. The van der Waals surface area contributed by atoms with E-state index >= 15 is 0 Å². The van der Waals surface area contributed by atoms with Crippen LogP contribution in [-0.2, 0) is 13.0 Å². The van der Waals surface area contributed by atoms with Crippen molar-refractivity contribution in [3.05, 3.63) is 23.9 Å². The molecule has 0 saturated carbocycles. The number of benzene rings is 1. The minimum absolute atomic E-state index is 0.0529. The molecule has 5 nitrogen and oxygen atoms in total. The largest absolute Gasteiger partial charge is 0.493 e. The highest BCUT2D eigenvalue weighted by Crippen LogP contribution is 2.33. The first-order valence-electron chi connectivity index (χ1n) is 6.65. The summed E-state index contributed by atoms with van der Waals surface area (Å²) in [4.78, 5) is 0. The summed E-state index contributed by atoms with van der Waals surface area (Å²) in [6, 6.07) is 4.07. The van der Waals surface area contributed by atoms with E-state index in [0.717, 1.165) is 28.6 Å². The quantitative estimate of drug-likeness (QED) is 0.862. The Morgan fingerprint density at radius 1 is 1.58 bits per heavy atom. The Hall–Kier alpha value is -1.59. The molecular weight excluding hydrogens is 242 g/mol. The number of aliphatic hydroxyl groups is 1. The maximum Gasteiger partial charge on any atom is 0.124 e. The molecule has 0 fully saturated rings. The van der Waals surface area contributed by atoms with Crippen LogP contribution in [0.1, 0.15) is 12.5 Å². The van der Waals surface area contributed by atoms with Crippen molar-refractivity contribution < 1.29 is 9.84 Å². The first-order chi connectivity index (χ1) is 9.19. The van der Waals surface area contributed by atoms with Gasteiger partial charge >= 0.3 is 0 Å². The Morgan fingerprint density at radius 3 is 3.16 bits per heavy atom. The van der Waals surface area contributed by atoms with E-state index < -0.39 is 0 Å². The van der Waals surface area contributed by atoms with Gasteiger partial charge in [-0.05, 0) is 25.5 Å². The zero-order valence-electron chi connectivity index (χ0n) is 11.0. The van der Waals surface area contributed by atoms with Crippen molar-refractivity contribution in [3.63, 3.8) is 0 Å². The number of ether oxygens (including phenoxy) is 1. The molecule has 0 aliphatic carbocycles. The predicted octanol–water partition coefficient (Wildman–Crippen LogP) is 0.927. The van der Waals surface area contributed by atoms with Gasteiger partial charge in [0.15, 0.2) is 0 Å². The average molecular weight is 261 g/mol. The van der Waals surface area contributed by atoms with Crippen molar-refractivity contribution in [1.82, 2.24) is 9.78 Å². The maximum atomic E-state index is 9.33. The van der Waals surface area contributed by atoms with Crippen molar-refractivity contribution in [2.24, 2.45) is 11.7 Å². The molecule has 5 heteroatoms. The van der Waals surface area contributed by atoms with E-state index in [0.29, 0.717) is 13.2 Å². The third-order valence-electron chi connectivity index (χ3n) is 3.55. The molecule has 2 atom stereocenters. The summed E-state index contributed by atoms with van der Waals surface area (Å²) in [5, 5.41) is 14.8. The minimum atomic E-state index is 0.0529. The van der Waals surface area contributed by atoms with Crippen LogP contribution in [0.5, 0.6) is 5.75 Å². The number of nitrogens with zero attached hydrogens (tertiary/aromatic N) is 2. The fourth-order valence-electron chi connectivity index (χ4n) is 2.65. The van der Waals surface area contributed by atoms with Crippen LogP contribution in [0.2, 0.25) is 0 Å². The highest BCUT2D eigenvalue weighted by Gasteiger charge is 2.23. The lowest BCUT2D eigenvalue weighted by Crippen LogP contribution is -2.26. The van der Waals surface area contributed by atoms with Crippen LogP contribution in [-0.4, -0.2) is 34.1 Å². The molecule has 0 saturated heterocycles. The molecule has 0 amide bonds. The molecule has 1 aliphatic heterocycles. The second kappa shape index (κ2) is 4.83. The standard InChI is InChI=1S/C14H19N3O2/c1-9(15)6-17-14-11(5-16-17)2-3-13-12(14)4-10(7-18)8-19-13/h2-3,5,9-10,18H,4,6-8,15H2,1H3/t9-,10?/m0/s1. The zero-order chi connectivity index (χ0) is 13.4. The monoisotopic (exact) mass is 261 g/mol. The molecule has 0 radical (unpaired) electrons. The molecule has 2 aromatic rings. The molecule has 102 valence electrons. The lowest BCUT2D eigenvalue weighted by molar-refractivity contribution is 0.147. The van der Waals surface area contributed by atoms with Gasteiger partial charge in [0.05, 0.1) is 24.9 Å². The Balaban J connectivity index is 2.11. The van der Waals surface area contributed by atoms with Gasteiger partial charge in [0.25, 0.3) is 0 Å². The zero-order valence-corrected chi connectivity index (χ0v) is 11.0. The number of aliphatic hydroxyl groups excluding tert-OH is 1. The van der Waals surface area contributed by atoms with Crippen molar-refractivity contribution in [2.75, 3.05) is 13.2 Å². The number of aromatic nitrogens is 2. The second-order valence-electron chi connectivity index (χ2n) is 5.35. The second-order valence-corrected chi connectivity index (χ2v) is 5.35. The highest BCUT2D eigenvalue weighted by atomic mass is 16.5. The maximum absolute atomic E-state index is 9.33. The molecule has 3 N–H and O–H groups in total. The fourth-order valence-corrected chi connectivity index (χ4v) is 2.65. The van der Waals surface area contributed by atoms with Gasteiger partial charge in [-0.25, -0.2) is 0 Å². The fraction of sp³-hybridized carbons (Fsp3) is 0.500. The Morgan fingerprint density at radius 2 is 2.42 bits per heavy atom. The van der Waals surface area contributed by atoms with Crippen LogP contribution in [0, 0.1) is 5.92 Å². The molecule has 1 unspecified atom stereocenters. The number of hydrogen-bond acceptors (Lipinski definition) is 4. The van der Waals surface area contributed by atoms with Crippen molar-refractivity contribution in [3.8, 4) is 5.75 Å². The van der Waals surface area contributed by atoms with E-state index in [4.69, 9.17) is 10.5 Å². The normalized spacial score (nSPS) is 20.1. The lowest BCUT2D eigenvalue weighted by atomic mass is 9.95. The molecule has 1 aromatic heterocycles. The van der Waals surface area contributed by atoms with Crippen LogP contribution >= 0.6 is 0 Å². The third kappa shape index (κ3) is 2.19. The number of rotatable bonds is 3. The van der Waals surface area contributed by atoms with Crippen molar-refractivity contribution >= 4 is 10.9 Å². The molecule has 1 aliphatic rings. The summed E-state index contributed by atoms with van der Waals surface area (Å²) in [5.74, 6) is 1.07. The van der Waals surface area contributed by atoms with E-state index in [9.17, 15) is 5.11 Å². The molecule has 2 heterocycles. The molecular formula is C14H19N3O2. The van der Waals surface area contributed by atoms with Gasteiger partial charge in [0.1, 0.15) is 5.75 Å². The van der Waals surface area contributed by atoms with E-state index in [1.807, 2.05) is 29.9 Å². The number of fused-ring (bicyclic) bond motifs is 3. The molecule has 1 aromatic carbocycles. The van der Waals surface area contributed by atoms with E-state index in [2.05, 4.69) is 5.10 Å². The van der Waals surface area contributed by atoms with E-state index in [1.54, 1.807) is 0 Å². The SMILES string of the molecule is C[C@H](N)Cn1ncc2ccc3c(c21)CC(CO)CO3. The lowest BCUT2D eigenvalue weighted by Gasteiger charge is -2.25. The van der Waals surface area contributed by atoms with Crippen LogP contribution in [0.15, 0.2) is 18.3 Å². The van der Waals surface area contributed by atoms with Crippen LogP contribution < -0.4 is 10.5 Å². The van der Waals surface area contributed by atoms with Crippen molar-refractivity contribution in [1.29, 1.82) is 0 Å². The van der Waals surface area contributed by atoms with Crippen LogP contribution in [0.4, 0.5) is 0 Å². The first-order valence-corrected chi connectivity index (χ1v) is 6.65. The van der Waals surface area contributed by atoms with Gasteiger partial charge < -0.3 is 15.6 Å². The summed E-state index contributed by atoms with van der Waals surface area (Å²) in [5.41, 5.74) is 8.10. The topological polar surface area (TPSA) is 73.3 Å². The molecule has 0 spiro atoms. The van der Waals surface area contributed by atoms with Crippen LogP contribution in [0.3, 0.4) is 0 Å². The molecule has 19 heavy (non-hydrogen) atoms. The summed E-state index contributed by atoms with van der Waals surface area (Å²) < 4.78 is 7.68. The predicted molar refractivity (Wildman–Crippen MR) is 73.2 cm³/mol. The summed E-state index contributed by atoms with van der Waals surface area (Å²) in [7, 11) is 0. The van der Waals surface area contributed by atoms with Gasteiger partial charge in [-0.2, -0.15) is 5.10 Å². The van der Waals surface area contributed by atoms with Gasteiger partial charge in [0.2, 0.25) is 0 Å². The smallest absolute Gasteiger partial charge is 0.124 e. The van der Waals surface area contributed by atoms with E-state index in [1.165, 1.54) is 0 Å². The highest BCUT2D eigenvalue weighted by molar-refractivity contribution is 5.84.